The second kappa shape index (κ2) is 6.23. The molecule has 1 aliphatic rings. The van der Waals surface area contributed by atoms with Crippen molar-refractivity contribution in [3.8, 4) is 5.75 Å². The van der Waals surface area contributed by atoms with Gasteiger partial charge < -0.3 is 4.74 Å². The second-order valence-corrected chi connectivity index (χ2v) is 5.71. The van der Waals surface area contributed by atoms with Crippen LogP contribution in [0.3, 0.4) is 0 Å². The molecule has 1 heteroatoms. The molecule has 0 bridgehead atoms. The summed E-state index contributed by atoms with van der Waals surface area (Å²) in [7, 11) is 1.70. The average Bonchev–Trinajstić information content (AvgIpc) is 2.55. The lowest BCUT2D eigenvalue weighted by Gasteiger charge is -2.21. The van der Waals surface area contributed by atoms with Crippen molar-refractivity contribution in [2.24, 2.45) is 0 Å². The summed E-state index contributed by atoms with van der Waals surface area (Å²) in [5.74, 6) is 0.891. The molecule has 2 aromatic rings. The predicted molar refractivity (Wildman–Crippen MR) is 93.7 cm³/mol. The molecule has 0 fully saturated rings. The SMILES string of the molecule is COc1ccc(C2=C(C)[CH]CC=C2c2ccc(C)cc2)cc1. The summed E-state index contributed by atoms with van der Waals surface area (Å²) < 4.78 is 5.27. The largest absolute Gasteiger partial charge is 0.497 e. The molecule has 0 unspecified atom stereocenters. The van der Waals surface area contributed by atoms with Crippen LogP contribution in [-0.2, 0) is 0 Å². The van der Waals surface area contributed by atoms with E-state index in [1.165, 1.54) is 33.4 Å². The highest BCUT2D eigenvalue weighted by molar-refractivity contribution is 6.07. The molecule has 0 N–H and O–H groups in total. The first-order valence-corrected chi connectivity index (χ1v) is 7.65. The Morgan fingerprint density at radius 2 is 1.45 bits per heavy atom. The molecular formula is C21H21O. The number of hydrogen-bond acceptors (Lipinski definition) is 1. The second-order valence-electron chi connectivity index (χ2n) is 5.71. The van der Waals surface area contributed by atoms with E-state index in [4.69, 9.17) is 4.74 Å². The minimum absolute atomic E-state index is 0.891. The van der Waals surface area contributed by atoms with Crippen LogP contribution in [0.1, 0.15) is 30.0 Å². The van der Waals surface area contributed by atoms with E-state index >= 15 is 0 Å². The van der Waals surface area contributed by atoms with Gasteiger partial charge in [-0.15, -0.1) is 0 Å². The summed E-state index contributed by atoms with van der Waals surface area (Å²) in [6.07, 6.45) is 5.60. The van der Waals surface area contributed by atoms with Crippen molar-refractivity contribution in [1.82, 2.24) is 0 Å². The van der Waals surface area contributed by atoms with Crippen LogP contribution >= 0.6 is 0 Å². The Hall–Kier alpha value is -2.28. The summed E-state index contributed by atoms with van der Waals surface area (Å²) in [6, 6.07) is 17.1. The van der Waals surface area contributed by atoms with E-state index in [-0.39, 0.29) is 0 Å². The molecule has 0 spiro atoms. The van der Waals surface area contributed by atoms with Crippen molar-refractivity contribution < 1.29 is 4.74 Å². The summed E-state index contributed by atoms with van der Waals surface area (Å²) in [4.78, 5) is 0. The average molecular weight is 289 g/mol. The van der Waals surface area contributed by atoms with E-state index in [1.54, 1.807) is 7.11 Å². The molecular weight excluding hydrogens is 268 g/mol. The van der Waals surface area contributed by atoms with Gasteiger partial charge in [0.25, 0.3) is 0 Å². The van der Waals surface area contributed by atoms with Crippen molar-refractivity contribution in [3.05, 3.63) is 83.3 Å². The maximum absolute atomic E-state index is 5.27. The molecule has 1 aliphatic carbocycles. The standard InChI is InChI=1S/C21H21O/c1-15-7-9-17(10-8-15)20-6-4-5-16(2)21(20)18-11-13-19(22-3)14-12-18/h5-14H,4H2,1-3H3. The zero-order chi connectivity index (χ0) is 15.5. The number of benzene rings is 2. The number of ether oxygens (including phenoxy) is 1. The zero-order valence-corrected chi connectivity index (χ0v) is 13.4. The number of aryl methyl sites for hydroxylation is 1. The molecule has 3 rings (SSSR count). The van der Waals surface area contributed by atoms with Gasteiger partial charge in [0, 0.05) is 0 Å². The first-order valence-electron chi connectivity index (χ1n) is 7.65. The summed E-state index contributed by atoms with van der Waals surface area (Å²) in [5.41, 5.74) is 7.79. The van der Waals surface area contributed by atoms with E-state index in [0.29, 0.717) is 0 Å². The van der Waals surface area contributed by atoms with E-state index < -0.39 is 0 Å². The van der Waals surface area contributed by atoms with Crippen molar-refractivity contribution in [2.75, 3.05) is 7.11 Å². The van der Waals surface area contributed by atoms with Gasteiger partial charge in [-0.25, -0.2) is 0 Å². The maximum atomic E-state index is 5.27. The van der Waals surface area contributed by atoms with Crippen LogP contribution in [0.25, 0.3) is 11.1 Å². The van der Waals surface area contributed by atoms with E-state index in [9.17, 15) is 0 Å². The molecule has 0 amide bonds. The van der Waals surface area contributed by atoms with Crippen molar-refractivity contribution in [1.29, 1.82) is 0 Å². The number of allylic oxidation sites excluding steroid dienone is 4. The van der Waals surface area contributed by atoms with Gasteiger partial charge in [0.1, 0.15) is 5.75 Å². The minimum Gasteiger partial charge on any atom is -0.497 e. The quantitative estimate of drug-likeness (QED) is 0.728. The van der Waals surface area contributed by atoms with Crippen molar-refractivity contribution in [3.63, 3.8) is 0 Å². The maximum Gasteiger partial charge on any atom is 0.118 e. The van der Waals surface area contributed by atoms with Crippen molar-refractivity contribution in [2.45, 2.75) is 20.3 Å². The topological polar surface area (TPSA) is 9.23 Å². The van der Waals surface area contributed by atoms with Gasteiger partial charge in [-0.2, -0.15) is 0 Å². The predicted octanol–water partition coefficient (Wildman–Crippen LogP) is 5.47. The molecule has 22 heavy (non-hydrogen) atoms. The van der Waals surface area contributed by atoms with Gasteiger partial charge in [-0.3, -0.25) is 0 Å². The van der Waals surface area contributed by atoms with Crippen LogP contribution in [0.2, 0.25) is 0 Å². The lowest BCUT2D eigenvalue weighted by atomic mass is 9.83. The van der Waals surface area contributed by atoms with E-state index in [0.717, 1.165) is 12.2 Å². The smallest absolute Gasteiger partial charge is 0.118 e. The lowest BCUT2D eigenvalue weighted by Crippen LogP contribution is -2.00. The molecule has 0 heterocycles. The number of rotatable bonds is 3. The van der Waals surface area contributed by atoms with Crippen LogP contribution < -0.4 is 4.74 Å². The number of hydrogen-bond donors (Lipinski definition) is 0. The van der Waals surface area contributed by atoms with E-state index in [1.807, 2.05) is 12.1 Å². The first kappa shape index (κ1) is 14.6. The van der Waals surface area contributed by atoms with Gasteiger partial charge >= 0.3 is 0 Å². The Labute approximate surface area is 133 Å². The molecule has 0 aromatic heterocycles. The highest BCUT2D eigenvalue weighted by atomic mass is 16.5. The molecule has 1 radical (unpaired) electrons. The molecule has 0 saturated carbocycles. The third-order valence-corrected chi connectivity index (χ3v) is 4.15. The van der Waals surface area contributed by atoms with Gasteiger partial charge in [0.05, 0.1) is 7.11 Å². The van der Waals surface area contributed by atoms with Crippen LogP contribution in [0, 0.1) is 13.3 Å². The summed E-state index contributed by atoms with van der Waals surface area (Å²) in [6.45, 7) is 4.32. The highest BCUT2D eigenvalue weighted by Gasteiger charge is 2.17. The zero-order valence-electron chi connectivity index (χ0n) is 13.4. The lowest BCUT2D eigenvalue weighted by molar-refractivity contribution is 0.415. The van der Waals surface area contributed by atoms with Crippen LogP contribution in [0.4, 0.5) is 0 Å². The van der Waals surface area contributed by atoms with Gasteiger partial charge in [-0.1, -0.05) is 53.6 Å². The minimum atomic E-state index is 0.891. The fraction of sp³-hybridized carbons (Fsp3) is 0.190. The first-order chi connectivity index (χ1) is 10.7. The normalized spacial score (nSPS) is 14.8. The van der Waals surface area contributed by atoms with Crippen molar-refractivity contribution >= 4 is 11.1 Å². The third-order valence-electron chi connectivity index (χ3n) is 4.15. The molecule has 111 valence electrons. The summed E-state index contributed by atoms with van der Waals surface area (Å²) in [5, 5.41) is 0. The Morgan fingerprint density at radius 1 is 0.818 bits per heavy atom. The Balaban J connectivity index is 2.05. The molecule has 0 saturated heterocycles. The van der Waals surface area contributed by atoms with Crippen LogP contribution in [0.15, 0.2) is 60.2 Å². The fourth-order valence-corrected chi connectivity index (χ4v) is 2.91. The highest BCUT2D eigenvalue weighted by Crippen LogP contribution is 2.39. The Bertz CT molecular complexity index is 716. The fourth-order valence-electron chi connectivity index (χ4n) is 2.91. The summed E-state index contributed by atoms with van der Waals surface area (Å²) >= 11 is 0. The monoisotopic (exact) mass is 289 g/mol. The van der Waals surface area contributed by atoms with E-state index in [2.05, 4.69) is 62.7 Å². The van der Waals surface area contributed by atoms with Crippen LogP contribution in [-0.4, -0.2) is 7.11 Å². The third kappa shape index (κ3) is 2.85. The molecule has 1 nitrogen and oxygen atoms in total. The molecule has 0 atom stereocenters. The molecule has 0 aliphatic heterocycles. The van der Waals surface area contributed by atoms with Crippen LogP contribution in [0.5, 0.6) is 5.75 Å². The molecule has 2 aromatic carbocycles. The van der Waals surface area contributed by atoms with Gasteiger partial charge in [0.15, 0.2) is 0 Å². The number of methoxy groups -OCH3 is 1. The van der Waals surface area contributed by atoms with Gasteiger partial charge in [0.2, 0.25) is 0 Å². The van der Waals surface area contributed by atoms with Gasteiger partial charge in [-0.05, 0) is 61.1 Å². The Kier molecular flexibility index (Phi) is 4.15. The Morgan fingerprint density at radius 3 is 2.09 bits per heavy atom.